The Kier molecular flexibility index (Phi) is 4.94. The molecule has 4 nitrogen and oxygen atoms in total. The summed E-state index contributed by atoms with van der Waals surface area (Å²) in [4.78, 5) is 15.7. The van der Waals surface area contributed by atoms with Crippen LogP contribution in [0.15, 0.2) is 36.4 Å². The molecule has 0 aliphatic carbocycles. The molecule has 0 spiro atoms. The van der Waals surface area contributed by atoms with E-state index >= 15 is 0 Å². The second-order valence-electron chi connectivity index (χ2n) is 8.49. The Morgan fingerprint density at radius 3 is 2.37 bits per heavy atom. The zero-order chi connectivity index (χ0) is 19.9. The lowest BCUT2D eigenvalue weighted by atomic mass is 9.76. The number of fused-ring (bicyclic) bond motifs is 1. The number of anilines is 3. The van der Waals surface area contributed by atoms with E-state index in [9.17, 15) is 4.79 Å². The molecule has 1 heterocycles. The van der Waals surface area contributed by atoms with Crippen LogP contribution in [0.25, 0.3) is 0 Å². The number of hydrogen-bond donors (Lipinski definition) is 1. The molecule has 0 radical (unpaired) electrons. The maximum absolute atomic E-state index is 11.1. The molecular formula is C23H30N2O2. The standard InChI is InChI=1S/C23H30N2O2/c1-15(2)25-12-11-23(4,5)19-14-20(16(3)13-21(19)25)24(6)18-9-7-17(8-10-18)22(26)27/h7-10,13-15H,11-12H2,1-6H3,(H,26,27). The van der Waals surface area contributed by atoms with Gasteiger partial charge in [0.2, 0.25) is 0 Å². The molecule has 0 saturated carbocycles. The van der Waals surface area contributed by atoms with Gasteiger partial charge in [-0.3, -0.25) is 0 Å². The van der Waals surface area contributed by atoms with Gasteiger partial charge in [0.05, 0.1) is 5.56 Å². The first-order chi connectivity index (χ1) is 12.6. The molecule has 0 bridgehead atoms. The van der Waals surface area contributed by atoms with Crippen molar-refractivity contribution in [2.45, 2.75) is 52.5 Å². The van der Waals surface area contributed by atoms with Crippen LogP contribution in [-0.2, 0) is 5.41 Å². The van der Waals surface area contributed by atoms with Crippen LogP contribution in [0.5, 0.6) is 0 Å². The van der Waals surface area contributed by atoms with Crippen molar-refractivity contribution in [2.24, 2.45) is 0 Å². The summed E-state index contributed by atoms with van der Waals surface area (Å²) in [6.45, 7) is 12.4. The van der Waals surface area contributed by atoms with Gasteiger partial charge in [0.15, 0.2) is 0 Å². The van der Waals surface area contributed by atoms with Crippen molar-refractivity contribution < 1.29 is 9.90 Å². The number of nitrogens with zero attached hydrogens (tertiary/aromatic N) is 2. The van der Waals surface area contributed by atoms with E-state index in [-0.39, 0.29) is 5.41 Å². The second kappa shape index (κ2) is 6.91. The lowest BCUT2D eigenvalue weighted by Crippen LogP contribution is -2.41. The molecule has 2 aromatic carbocycles. The zero-order valence-electron chi connectivity index (χ0n) is 17.2. The van der Waals surface area contributed by atoms with Crippen LogP contribution in [0.2, 0.25) is 0 Å². The highest BCUT2D eigenvalue weighted by atomic mass is 16.4. The lowest BCUT2D eigenvalue weighted by Gasteiger charge is -2.43. The summed E-state index contributed by atoms with van der Waals surface area (Å²) >= 11 is 0. The van der Waals surface area contributed by atoms with E-state index in [0.717, 1.165) is 24.3 Å². The minimum absolute atomic E-state index is 0.136. The quantitative estimate of drug-likeness (QED) is 0.791. The Labute approximate surface area is 162 Å². The van der Waals surface area contributed by atoms with E-state index in [0.29, 0.717) is 11.6 Å². The number of aryl methyl sites for hydroxylation is 1. The maximum Gasteiger partial charge on any atom is 0.335 e. The molecule has 3 rings (SSSR count). The molecule has 0 amide bonds. The largest absolute Gasteiger partial charge is 0.478 e. The highest BCUT2D eigenvalue weighted by molar-refractivity contribution is 5.88. The third-order valence-corrected chi connectivity index (χ3v) is 5.82. The van der Waals surface area contributed by atoms with Crippen LogP contribution >= 0.6 is 0 Å². The normalized spacial score (nSPS) is 15.6. The molecule has 2 aromatic rings. The molecular weight excluding hydrogens is 336 g/mol. The minimum Gasteiger partial charge on any atom is -0.478 e. The SMILES string of the molecule is Cc1cc2c(cc1N(C)c1ccc(C(=O)O)cc1)C(C)(C)CCN2C(C)C. The zero-order valence-corrected chi connectivity index (χ0v) is 17.2. The predicted octanol–water partition coefficient (Wildman–Crippen LogP) is 5.36. The van der Waals surface area contributed by atoms with E-state index in [1.165, 1.54) is 16.8 Å². The van der Waals surface area contributed by atoms with Crippen LogP contribution in [0.3, 0.4) is 0 Å². The van der Waals surface area contributed by atoms with Gasteiger partial charge in [0, 0.05) is 36.7 Å². The molecule has 1 aliphatic rings. The average molecular weight is 367 g/mol. The fourth-order valence-electron chi connectivity index (χ4n) is 3.98. The van der Waals surface area contributed by atoms with Crippen molar-refractivity contribution in [3.8, 4) is 0 Å². The van der Waals surface area contributed by atoms with Gasteiger partial charge in [0.25, 0.3) is 0 Å². The van der Waals surface area contributed by atoms with Gasteiger partial charge in [-0.15, -0.1) is 0 Å². The van der Waals surface area contributed by atoms with Crippen molar-refractivity contribution >= 4 is 23.0 Å². The average Bonchev–Trinajstić information content (AvgIpc) is 2.60. The Bertz CT molecular complexity index is 853. The fourth-order valence-corrected chi connectivity index (χ4v) is 3.98. The Balaban J connectivity index is 2.05. The molecule has 4 heteroatoms. The number of carboxylic acid groups (broad SMARTS) is 1. The minimum atomic E-state index is -0.898. The molecule has 27 heavy (non-hydrogen) atoms. The van der Waals surface area contributed by atoms with Gasteiger partial charge in [-0.1, -0.05) is 13.8 Å². The summed E-state index contributed by atoms with van der Waals surface area (Å²) in [5.74, 6) is -0.898. The first kappa shape index (κ1) is 19.3. The first-order valence-corrected chi connectivity index (χ1v) is 9.60. The second-order valence-corrected chi connectivity index (χ2v) is 8.49. The van der Waals surface area contributed by atoms with Crippen LogP contribution in [0.4, 0.5) is 17.1 Å². The first-order valence-electron chi connectivity index (χ1n) is 9.60. The van der Waals surface area contributed by atoms with Gasteiger partial charge in [0.1, 0.15) is 0 Å². The van der Waals surface area contributed by atoms with E-state index in [1.54, 1.807) is 12.1 Å². The molecule has 1 aliphatic heterocycles. The van der Waals surface area contributed by atoms with Gasteiger partial charge in [-0.25, -0.2) is 4.79 Å². The topological polar surface area (TPSA) is 43.8 Å². The van der Waals surface area contributed by atoms with Crippen molar-refractivity contribution in [1.82, 2.24) is 0 Å². The van der Waals surface area contributed by atoms with Crippen LogP contribution in [0.1, 0.15) is 55.6 Å². The van der Waals surface area contributed by atoms with E-state index in [1.807, 2.05) is 19.2 Å². The number of carboxylic acids is 1. The molecule has 144 valence electrons. The van der Waals surface area contributed by atoms with Gasteiger partial charge in [-0.2, -0.15) is 0 Å². The lowest BCUT2D eigenvalue weighted by molar-refractivity contribution is 0.0697. The summed E-state index contributed by atoms with van der Waals surface area (Å²) < 4.78 is 0. The third-order valence-electron chi connectivity index (χ3n) is 5.82. The van der Waals surface area contributed by atoms with Crippen molar-refractivity contribution in [3.63, 3.8) is 0 Å². The van der Waals surface area contributed by atoms with Gasteiger partial charge < -0.3 is 14.9 Å². The van der Waals surface area contributed by atoms with Crippen molar-refractivity contribution in [1.29, 1.82) is 0 Å². The molecule has 0 aromatic heterocycles. The number of rotatable bonds is 4. The number of benzene rings is 2. The summed E-state index contributed by atoms with van der Waals surface area (Å²) in [5, 5.41) is 9.12. The van der Waals surface area contributed by atoms with Crippen molar-refractivity contribution in [3.05, 3.63) is 53.1 Å². The van der Waals surface area contributed by atoms with Crippen LogP contribution in [-0.4, -0.2) is 30.7 Å². The Morgan fingerprint density at radius 2 is 1.81 bits per heavy atom. The van der Waals surface area contributed by atoms with Crippen molar-refractivity contribution in [2.75, 3.05) is 23.4 Å². The number of carbonyl (C=O) groups is 1. The summed E-state index contributed by atoms with van der Waals surface area (Å²) in [6, 6.07) is 12.2. The van der Waals surface area contributed by atoms with Gasteiger partial charge >= 0.3 is 5.97 Å². The monoisotopic (exact) mass is 366 g/mol. The molecule has 0 fully saturated rings. The van der Waals surface area contributed by atoms with Crippen LogP contribution < -0.4 is 9.80 Å². The number of aromatic carboxylic acids is 1. The Hall–Kier alpha value is -2.49. The molecule has 1 N–H and O–H groups in total. The molecule has 0 saturated heterocycles. The Morgan fingerprint density at radius 1 is 1.19 bits per heavy atom. The molecule has 0 unspecified atom stereocenters. The summed E-state index contributed by atoms with van der Waals surface area (Å²) in [5.41, 5.74) is 6.55. The maximum atomic E-state index is 11.1. The summed E-state index contributed by atoms with van der Waals surface area (Å²) in [6.07, 6.45) is 1.14. The van der Waals surface area contributed by atoms with E-state index < -0.39 is 5.97 Å². The number of hydrogen-bond acceptors (Lipinski definition) is 3. The molecule has 0 atom stereocenters. The van der Waals surface area contributed by atoms with Crippen LogP contribution in [0, 0.1) is 6.92 Å². The summed E-state index contributed by atoms with van der Waals surface area (Å²) in [7, 11) is 2.04. The third kappa shape index (κ3) is 3.53. The smallest absolute Gasteiger partial charge is 0.335 e. The van der Waals surface area contributed by atoms with Gasteiger partial charge in [-0.05, 0) is 80.1 Å². The highest BCUT2D eigenvalue weighted by Gasteiger charge is 2.33. The van der Waals surface area contributed by atoms with E-state index in [2.05, 4.69) is 56.6 Å². The fraction of sp³-hybridized carbons (Fsp3) is 0.435. The predicted molar refractivity (Wildman–Crippen MR) is 113 cm³/mol. The van der Waals surface area contributed by atoms with E-state index in [4.69, 9.17) is 5.11 Å². The highest BCUT2D eigenvalue weighted by Crippen LogP contribution is 2.44.